The number of anilines is 1. The molecule has 0 unspecified atom stereocenters. The molecule has 104 valence electrons. The van der Waals surface area contributed by atoms with E-state index in [0.29, 0.717) is 11.5 Å². The van der Waals surface area contributed by atoms with E-state index in [-0.39, 0.29) is 12.5 Å². The van der Waals surface area contributed by atoms with Gasteiger partial charge in [0.25, 0.3) is 5.91 Å². The van der Waals surface area contributed by atoms with Crippen molar-refractivity contribution >= 4 is 11.7 Å². The number of aryl methyl sites for hydroxylation is 1. The Balaban J connectivity index is 2.06. The summed E-state index contributed by atoms with van der Waals surface area (Å²) < 4.78 is 0. The van der Waals surface area contributed by atoms with E-state index in [2.05, 4.69) is 20.3 Å². The molecule has 0 saturated carbocycles. The van der Waals surface area contributed by atoms with Crippen molar-refractivity contribution in [2.75, 3.05) is 19.0 Å². The van der Waals surface area contributed by atoms with Crippen LogP contribution in [0, 0.1) is 6.92 Å². The third-order valence-electron chi connectivity index (χ3n) is 2.65. The first kappa shape index (κ1) is 13.9. The minimum absolute atomic E-state index is 0.234. The van der Waals surface area contributed by atoms with Crippen molar-refractivity contribution in [2.24, 2.45) is 0 Å². The van der Waals surface area contributed by atoms with Crippen LogP contribution in [0.3, 0.4) is 0 Å². The van der Waals surface area contributed by atoms with Crippen LogP contribution in [0.4, 0.5) is 5.82 Å². The van der Waals surface area contributed by atoms with E-state index in [0.717, 1.165) is 11.5 Å². The molecule has 0 bridgehead atoms. The number of hydrogen-bond acceptors (Lipinski definition) is 5. The summed E-state index contributed by atoms with van der Waals surface area (Å²) in [5.41, 5.74) is 1.25. The summed E-state index contributed by atoms with van der Waals surface area (Å²) in [6.07, 6.45) is 1.59. The summed E-state index contributed by atoms with van der Waals surface area (Å²) >= 11 is 0. The molecule has 6 heteroatoms. The molecule has 0 fully saturated rings. The second-order valence-electron chi connectivity index (χ2n) is 4.58. The summed E-state index contributed by atoms with van der Waals surface area (Å²) in [5.74, 6) is 1.17. The van der Waals surface area contributed by atoms with E-state index in [4.69, 9.17) is 0 Å². The highest BCUT2D eigenvalue weighted by molar-refractivity contribution is 5.92. The maximum absolute atomic E-state index is 11.9. The van der Waals surface area contributed by atoms with Crippen molar-refractivity contribution in [3.8, 4) is 0 Å². The zero-order chi connectivity index (χ0) is 14.5. The first-order chi connectivity index (χ1) is 9.56. The first-order valence-electron chi connectivity index (χ1n) is 6.27. The third-order valence-corrected chi connectivity index (χ3v) is 2.65. The van der Waals surface area contributed by atoms with Crippen LogP contribution in [0.25, 0.3) is 0 Å². The molecule has 2 aromatic heterocycles. The van der Waals surface area contributed by atoms with Crippen LogP contribution in [0.5, 0.6) is 0 Å². The van der Waals surface area contributed by atoms with Gasteiger partial charge in [-0.2, -0.15) is 0 Å². The smallest absolute Gasteiger partial charge is 0.270 e. The Bertz CT molecular complexity index is 598. The largest absolute Gasteiger partial charge is 0.363 e. The van der Waals surface area contributed by atoms with Crippen molar-refractivity contribution < 1.29 is 4.79 Å². The van der Waals surface area contributed by atoms with Crippen LogP contribution in [0.15, 0.2) is 30.5 Å². The molecule has 0 saturated heterocycles. The van der Waals surface area contributed by atoms with Gasteiger partial charge in [0, 0.05) is 32.1 Å². The SMILES string of the molecule is Cc1cc(N(C)C)nc(CNC(=O)c2ccccn2)n1. The van der Waals surface area contributed by atoms with Gasteiger partial charge < -0.3 is 10.2 Å². The lowest BCUT2D eigenvalue weighted by atomic mass is 10.3. The number of nitrogens with zero attached hydrogens (tertiary/aromatic N) is 4. The average molecular weight is 271 g/mol. The molecule has 0 aliphatic carbocycles. The lowest BCUT2D eigenvalue weighted by molar-refractivity contribution is 0.0945. The highest BCUT2D eigenvalue weighted by Crippen LogP contribution is 2.09. The normalized spacial score (nSPS) is 10.2. The Morgan fingerprint density at radius 1 is 1.30 bits per heavy atom. The Kier molecular flexibility index (Phi) is 4.24. The average Bonchev–Trinajstić information content (AvgIpc) is 2.45. The van der Waals surface area contributed by atoms with Crippen molar-refractivity contribution in [1.29, 1.82) is 0 Å². The number of aromatic nitrogens is 3. The number of hydrogen-bond donors (Lipinski definition) is 1. The van der Waals surface area contributed by atoms with Gasteiger partial charge >= 0.3 is 0 Å². The molecule has 20 heavy (non-hydrogen) atoms. The zero-order valence-electron chi connectivity index (χ0n) is 11.8. The number of carbonyl (C=O) groups excluding carboxylic acids is 1. The topological polar surface area (TPSA) is 71.0 Å². The number of carbonyl (C=O) groups is 1. The lowest BCUT2D eigenvalue weighted by Crippen LogP contribution is -2.25. The molecule has 1 N–H and O–H groups in total. The molecule has 0 radical (unpaired) electrons. The molecule has 2 rings (SSSR count). The molecule has 0 atom stereocenters. The highest BCUT2D eigenvalue weighted by atomic mass is 16.1. The molecule has 2 heterocycles. The van der Waals surface area contributed by atoms with Gasteiger partial charge in [-0.3, -0.25) is 9.78 Å². The Hall–Kier alpha value is -2.50. The van der Waals surface area contributed by atoms with Crippen molar-refractivity contribution in [1.82, 2.24) is 20.3 Å². The molecular formula is C14H17N5O. The summed E-state index contributed by atoms with van der Waals surface area (Å²) in [6.45, 7) is 2.18. The van der Waals surface area contributed by atoms with E-state index in [1.165, 1.54) is 0 Å². The lowest BCUT2D eigenvalue weighted by Gasteiger charge is -2.13. The van der Waals surface area contributed by atoms with Crippen LogP contribution in [0.2, 0.25) is 0 Å². The fourth-order valence-electron chi connectivity index (χ4n) is 1.67. The van der Waals surface area contributed by atoms with Gasteiger partial charge in [-0.1, -0.05) is 6.07 Å². The maximum Gasteiger partial charge on any atom is 0.270 e. The number of pyridine rings is 1. The molecular weight excluding hydrogens is 254 g/mol. The standard InChI is InChI=1S/C14H17N5O/c1-10-8-13(19(2)3)18-12(17-10)9-16-14(20)11-6-4-5-7-15-11/h4-8H,9H2,1-3H3,(H,16,20). The second kappa shape index (κ2) is 6.10. The molecule has 0 spiro atoms. The fourth-order valence-corrected chi connectivity index (χ4v) is 1.67. The highest BCUT2D eigenvalue weighted by Gasteiger charge is 2.08. The van der Waals surface area contributed by atoms with Gasteiger partial charge in [0.1, 0.15) is 17.3 Å². The molecule has 6 nitrogen and oxygen atoms in total. The molecule has 0 aromatic carbocycles. The Morgan fingerprint density at radius 3 is 2.75 bits per heavy atom. The Morgan fingerprint density at radius 2 is 2.10 bits per heavy atom. The molecule has 0 aliphatic heterocycles. The van der Waals surface area contributed by atoms with Gasteiger partial charge in [0.15, 0.2) is 0 Å². The Labute approximate surface area is 117 Å². The van der Waals surface area contributed by atoms with Gasteiger partial charge in [0.2, 0.25) is 0 Å². The van der Waals surface area contributed by atoms with Crippen LogP contribution < -0.4 is 10.2 Å². The van der Waals surface area contributed by atoms with Crippen molar-refractivity contribution in [3.63, 3.8) is 0 Å². The monoisotopic (exact) mass is 271 g/mol. The zero-order valence-corrected chi connectivity index (χ0v) is 11.8. The fraction of sp³-hybridized carbons (Fsp3) is 0.286. The van der Waals surface area contributed by atoms with Gasteiger partial charge in [0.05, 0.1) is 6.54 Å². The third kappa shape index (κ3) is 3.50. The quantitative estimate of drug-likeness (QED) is 0.904. The van der Waals surface area contributed by atoms with Crippen LogP contribution in [0.1, 0.15) is 22.0 Å². The summed E-state index contributed by atoms with van der Waals surface area (Å²) in [4.78, 5) is 26.5. The van der Waals surface area contributed by atoms with Gasteiger partial charge in [-0.15, -0.1) is 0 Å². The van der Waals surface area contributed by atoms with Crippen molar-refractivity contribution in [3.05, 3.63) is 47.7 Å². The molecule has 2 aromatic rings. The van der Waals surface area contributed by atoms with Gasteiger partial charge in [-0.25, -0.2) is 9.97 Å². The van der Waals surface area contributed by atoms with Crippen LogP contribution in [-0.2, 0) is 6.54 Å². The number of amides is 1. The number of nitrogens with one attached hydrogen (secondary N) is 1. The van der Waals surface area contributed by atoms with Crippen LogP contribution in [-0.4, -0.2) is 35.0 Å². The second-order valence-corrected chi connectivity index (χ2v) is 4.58. The maximum atomic E-state index is 11.9. The van der Waals surface area contributed by atoms with E-state index < -0.39 is 0 Å². The predicted octanol–water partition coefficient (Wildman–Crippen LogP) is 1.18. The summed E-state index contributed by atoms with van der Waals surface area (Å²) in [5, 5.41) is 2.76. The summed E-state index contributed by atoms with van der Waals surface area (Å²) in [6, 6.07) is 7.10. The first-order valence-corrected chi connectivity index (χ1v) is 6.27. The molecule has 1 amide bonds. The van der Waals surface area contributed by atoms with Crippen LogP contribution >= 0.6 is 0 Å². The molecule has 0 aliphatic rings. The van der Waals surface area contributed by atoms with E-state index in [9.17, 15) is 4.79 Å². The summed E-state index contributed by atoms with van der Waals surface area (Å²) in [7, 11) is 3.83. The number of rotatable bonds is 4. The minimum atomic E-state index is -0.234. The van der Waals surface area contributed by atoms with E-state index >= 15 is 0 Å². The minimum Gasteiger partial charge on any atom is -0.363 e. The van der Waals surface area contributed by atoms with E-state index in [1.807, 2.05) is 32.0 Å². The van der Waals surface area contributed by atoms with Gasteiger partial charge in [-0.05, 0) is 19.1 Å². The van der Waals surface area contributed by atoms with Crippen molar-refractivity contribution in [2.45, 2.75) is 13.5 Å². The predicted molar refractivity (Wildman–Crippen MR) is 76.5 cm³/mol. The van der Waals surface area contributed by atoms with E-state index in [1.54, 1.807) is 24.4 Å².